The van der Waals surface area contributed by atoms with Gasteiger partial charge >= 0.3 is 18.5 Å². The molecule has 0 unspecified atom stereocenters. The number of ketones is 1. The van der Waals surface area contributed by atoms with Gasteiger partial charge in [0.2, 0.25) is 0 Å². The Morgan fingerprint density at radius 1 is 0.815 bits per heavy atom. The Balaban J connectivity index is 2.14. The van der Waals surface area contributed by atoms with Crippen molar-refractivity contribution < 1.29 is 45.4 Å². The largest absolute Gasteiger partial charge is 0.514 e. The molecule has 4 nitrogen and oxygen atoms in total. The molecule has 0 saturated heterocycles. The Morgan fingerprint density at radius 3 is 1.81 bits per heavy atom. The summed E-state index contributed by atoms with van der Waals surface area (Å²) in [5, 5.41) is 0. The van der Waals surface area contributed by atoms with E-state index in [1.54, 1.807) is 6.07 Å². The average molecular weight is 392 g/mol. The molecular formula is C17H10F6O4. The molecule has 0 aliphatic heterocycles. The van der Waals surface area contributed by atoms with Gasteiger partial charge in [0.15, 0.2) is 12.4 Å². The second-order valence-electron chi connectivity index (χ2n) is 5.17. The molecular weight excluding hydrogens is 382 g/mol. The van der Waals surface area contributed by atoms with Crippen molar-refractivity contribution in [2.24, 2.45) is 0 Å². The topological polar surface area (TPSA) is 52.6 Å². The number of carbonyl (C=O) groups excluding carboxylic acids is 2. The molecule has 0 aliphatic carbocycles. The summed E-state index contributed by atoms with van der Waals surface area (Å²) in [4.78, 5) is 23.3. The summed E-state index contributed by atoms with van der Waals surface area (Å²) in [5.41, 5.74) is -4.19. The van der Waals surface area contributed by atoms with E-state index < -0.39 is 47.6 Å². The lowest BCUT2D eigenvalue weighted by Crippen LogP contribution is -2.19. The molecule has 0 radical (unpaired) electrons. The van der Waals surface area contributed by atoms with E-state index in [4.69, 9.17) is 0 Å². The fourth-order valence-corrected chi connectivity index (χ4v) is 1.94. The van der Waals surface area contributed by atoms with E-state index in [0.29, 0.717) is 0 Å². The number of hydrogen-bond donors (Lipinski definition) is 0. The Kier molecular flexibility index (Phi) is 5.77. The van der Waals surface area contributed by atoms with Crippen LogP contribution >= 0.6 is 0 Å². The first-order chi connectivity index (χ1) is 12.5. The number of ether oxygens (including phenoxy) is 2. The summed E-state index contributed by atoms with van der Waals surface area (Å²) >= 11 is 0. The minimum atomic E-state index is -5.09. The zero-order valence-electron chi connectivity index (χ0n) is 13.2. The zero-order valence-corrected chi connectivity index (χ0v) is 13.2. The molecule has 0 aromatic heterocycles. The van der Waals surface area contributed by atoms with Crippen LogP contribution in [0, 0.1) is 0 Å². The minimum absolute atomic E-state index is 0.0772. The SMILES string of the molecule is O=C(OCC(=O)c1cc(C(F)(F)F)cc(C(F)(F)F)c1)Oc1ccccc1. The molecule has 0 aliphatic rings. The van der Waals surface area contributed by atoms with Crippen molar-refractivity contribution in [3.8, 4) is 5.75 Å². The van der Waals surface area contributed by atoms with Gasteiger partial charge in [0.05, 0.1) is 11.1 Å². The van der Waals surface area contributed by atoms with Gasteiger partial charge in [-0.3, -0.25) is 4.79 Å². The number of Topliss-reactive ketones (excluding diaryl/α,β-unsaturated/α-hetero) is 1. The first kappa shape index (κ1) is 20.3. The van der Waals surface area contributed by atoms with Gasteiger partial charge in [-0.1, -0.05) is 18.2 Å². The highest BCUT2D eigenvalue weighted by Gasteiger charge is 2.37. The molecule has 0 amide bonds. The van der Waals surface area contributed by atoms with Crippen LogP contribution in [0.25, 0.3) is 0 Å². The number of benzene rings is 2. The summed E-state index contributed by atoms with van der Waals surface area (Å²) in [6.45, 7) is -1.09. The maximum atomic E-state index is 12.8. The molecule has 2 aromatic rings. The molecule has 2 rings (SSSR count). The van der Waals surface area contributed by atoms with Gasteiger partial charge < -0.3 is 9.47 Å². The monoisotopic (exact) mass is 392 g/mol. The lowest BCUT2D eigenvalue weighted by Gasteiger charge is -2.13. The Morgan fingerprint density at radius 2 is 1.33 bits per heavy atom. The van der Waals surface area contributed by atoms with Crippen LogP contribution in [0.4, 0.5) is 31.1 Å². The second-order valence-corrected chi connectivity index (χ2v) is 5.17. The third kappa shape index (κ3) is 5.73. The van der Waals surface area contributed by atoms with Crippen molar-refractivity contribution in [3.63, 3.8) is 0 Å². The maximum Gasteiger partial charge on any atom is 0.514 e. The van der Waals surface area contributed by atoms with Crippen LogP contribution in [-0.2, 0) is 17.1 Å². The van der Waals surface area contributed by atoms with Crippen LogP contribution in [-0.4, -0.2) is 18.5 Å². The van der Waals surface area contributed by atoms with Gasteiger partial charge in [0, 0.05) is 5.56 Å². The van der Waals surface area contributed by atoms with E-state index in [-0.39, 0.29) is 23.9 Å². The molecule has 0 N–H and O–H groups in total. The summed E-state index contributed by atoms with van der Waals surface area (Å²) in [7, 11) is 0. The van der Waals surface area contributed by atoms with E-state index in [1.807, 2.05) is 0 Å². The van der Waals surface area contributed by atoms with E-state index in [0.717, 1.165) is 0 Å². The fourth-order valence-electron chi connectivity index (χ4n) is 1.94. The number of halogens is 6. The van der Waals surface area contributed by atoms with Gasteiger partial charge in [-0.15, -0.1) is 0 Å². The molecule has 27 heavy (non-hydrogen) atoms. The van der Waals surface area contributed by atoms with Gasteiger partial charge in [-0.2, -0.15) is 26.3 Å². The van der Waals surface area contributed by atoms with Crippen molar-refractivity contribution in [2.45, 2.75) is 12.4 Å². The predicted molar refractivity (Wildman–Crippen MR) is 79.2 cm³/mol. The lowest BCUT2D eigenvalue weighted by atomic mass is 10.0. The molecule has 2 aromatic carbocycles. The van der Waals surface area contributed by atoms with Crippen molar-refractivity contribution >= 4 is 11.9 Å². The number of carbonyl (C=O) groups is 2. The zero-order chi connectivity index (χ0) is 20.2. The summed E-state index contributed by atoms with van der Waals surface area (Å²) in [6, 6.07) is 7.89. The van der Waals surface area contributed by atoms with Gasteiger partial charge in [0.1, 0.15) is 5.75 Å². The van der Waals surface area contributed by atoms with Gasteiger partial charge in [-0.25, -0.2) is 4.79 Å². The first-order valence-corrected chi connectivity index (χ1v) is 7.19. The Hall–Kier alpha value is -3.04. The fraction of sp³-hybridized carbons (Fsp3) is 0.176. The maximum absolute atomic E-state index is 12.8. The highest BCUT2D eigenvalue weighted by Crippen LogP contribution is 2.36. The molecule has 144 valence electrons. The molecule has 0 bridgehead atoms. The third-order valence-corrected chi connectivity index (χ3v) is 3.18. The first-order valence-electron chi connectivity index (χ1n) is 7.19. The van der Waals surface area contributed by atoms with E-state index in [2.05, 4.69) is 9.47 Å². The number of para-hydroxylation sites is 1. The molecule has 0 spiro atoms. The van der Waals surface area contributed by atoms with E-state index in [9.17, 15) is 35.9 Å². The van der Waals surface area contributed by atoms with Crippen LogP contribution in [0.3, 0.4) is 0 Å². The Bertz CT molecular complexity index is 795. The van der Waals surface area contributed by atoms with Crippen LogP contribution in [0.5, 0.6) is 5.75 Å². The number of hydrogen-bond acceptors (Lipinski definition) is 4. The lowest BCUT2D eigenvalue weighted by molar-refractivity contribution is -0.143. The van der Waals surface area contributed by atoms with Gasteiger partial charge in [0.25, 0.3) is 0 Å². The molecule has 0 fully saturated rings. The predicted octanol–water partition coefficient (Wildman–Crippen LogP) is 5.12. The average Bonchev–Trinajstić information content (AvgIpc) is 2.58. The molecule has 0 heterocycles. The third-order valence-electron chi connectivity index (χ3n) is 3.18. The number of alkyl halides is 6. The van der Waals surface area contributed by atoms with Crippen LogP contribution in [0.2, 0.25) is 0 Å². The van der Waals surface area contributed by atoms with E-state index in [1.165, 1.54) is 24.3 Å². The van der Waals surface area contributed by atoms with E-state index >= 15 is 0 Å². The van der Waals surface area contributed by atoms with Crippen molar-refractivity contribution in [1.82, 2.24) is 0 Å². The van der Waals surface area contributed by atoms with Crippen molar-refractivity contribution in [1.29, 1.82) is 0 Å². The van der Waals surface area contributed by atoms with Crippen molar-refractivity contribution in [2.75, 3.05) is 6.61 Å². The quantitative estimate of drug-likeness (QED) is 0.314. The van der Waals surface area contributed by atoms with Crippen LogP contribution in [0.1, 0.15) is 21.5 Å². The standard InChI is InChI=1S/C17H10F6O4/c18-16(19,20)11-6-10(7-12(8-11)17(21,22)23)14(24)9-26-15(25)27-13-4-2-1-3-5-13/h1-8H,9H2. The molecule has 0 atom stereocenters. The minimum Gasteiger partial charge on any atom is -0.426 e. The van der Waals surface area contributed by atoms with Crippen LogP contribution in [0.15, 0.2) is 48.5 Å². The molecule has 10 heteroatoms. The molecule has 0 saturated carbocycles. The van der Waals surface area contributed by atoms with Gasteiger partial charge in [-0.05, 0) is 30.3 Å². The second kappa shape index (κ2) is 7.68. The van der Waals surface area contributed by atoms with Crippen molar-refractivity contribution in [3.05, 3.63) is 65.2 Å². The normalized spacial score (nSPS) is 11.8. The van der Waals surface area contributed by atoms with Crippen LogP contribution < -0.4 is 4.74 Å². The highest BCUT2D eigenvalue weighted by atomic mass is 19.4. The number of rotatable bonds is 4. The summed E-state index contributed by atoms with van der Waals surface area (Å²) in [6.07, 6.45) is -11.5. The Labute approximate surface area is 148 Å². The summed E-state index contributed by atoms with van der Waals surface area (Å²) < 4.78 is 85.8. The highest BCUT2D eigenvalue weighted by molar-refractivity contribution is 5.98. The smallest absolute Gasteiger partial charge is 0.426 e. The summed E-state index contributed by atoms with van der Waals surface area (Å²) in [5.74, 6) is -1.18.